The molecule has 27 heavy (non-hydrogen) atoms. The summed E-state index contributed by atoms with van der Waals surface area (Å²) in [7, 11) is -3.75. The molecule has 0 atom stereocenters. The zero-order valence-corrected chi connectivity index (χ0v) is 15.6. The summed E-state index contributed by atoms with van der Waals surface area (Å²) in [5.41, 5.74) is -0.898. The normalized spacial score (nSPS) is 12.2. The molecule has 0 spiro atoms. The van der Waals surface area contributed by atoms with Crippen LogP contribution in [0.4, 0.5) is 18.9 Å². The van der Waals surface area contributed by atoms with Gasteiger partial charge in [0.2, 0.25) is 10.0 Å². The summed E-state index contributed by atoms with van der Waals surface area (Å²) in [6.45, 7) is 3.95. The lowest BCUT2D eigenvalue weighted by Crippen LogP contribution is -2.30. The van der Waals surface area contributed by atoms with Crippen LogP contribution in [0.1, 0.15) is 29.8 Å². The number of carbonyl (C=O) groups is 1. The van der Waals surface area contributed by atoms with Gasteiger partial charge in [0.15, 0.2) is 0 Å². The number of nitrogens with one attached hydrogen (secondary N) is 1. The SMILES string of the molecule is CCN(CC)S(=O)(=O)c1cccc(C(=O)Nc2cccc(C(F)(F)F)c2)c1. The molecule has 2 aromatic carbocycles. The Labute approximate surface area is 155 Å². The minimum atomic E-state index is -4.53. The maximum absolute atomic E-state index is 12.8. The van der Waals surface area contributed by atoms with Crippen molar-refractivity contribution < 1.29 is 26.4 Å². The summed E-state index contributed by atoms with van der Waals surface area (Å²) in [5, 5.41) is 2.36. The average molecular weight is 400 g/mol. The maximum atomic E-state index is 12.8. The molecule has 0 aliphatic rings. The Balaban J connectivity index is 2.29. The fourth-order valence-corrected chi connectivity index (χ4v) is 3.99. The molecule has 1 N–H and O–H groups in total. The number of hydrogen-bond donors (Lipinski definition) is 1. The summed E-state index contributed by atoms with van der Waals surface area (Å²) < 4.78 is 64.7. The topological polar surface area (TPSA) is 66.5 Å². The van der Waals surface area contributed by atoms with Crippen LogP contribution in [0.25, 0.3) is 0 Å². The molecule has 0 bridgehead atoms. The number of rotatable bonds is 6. The fourth-order valence-electron chi connectivity index (χ4n) is 2.49. The highest BCUT2D eigenvalue weighted by Gasteiger charge is 2.30. The van der Waals surface area contributed by atoms with Gasteiger partial charge in [0, 0.05) is 24.3 Å². The smallest absolute Gasteiger partial charge is 0.322 e. The zero-order chi connectivity index (χ0) is 20.2. The molecule has 0 aliphatic carbocycles. The van der Waals surface area contributed by atoms with Crippen molar-refractivity contribution in [3.63, 3.8) is 0 Å². The number of nitrogens with zero attached hydrogens (tertiary/aromatic N) is 1. The first-order valence-electron chi connectivity index (χ1n) is 8.18. The van der Waals surface area contributed by atoms with Crippen LogP contribution in [0.15, 0.2) is 53.4 Å². The van der Waals surface area contributed by atoms with E-state index in [0.717, 1.165) is 12.1 Å². The first kappa shape index (κ1) is 20.9. The monoisotopic (exact) mass is 400 g/mol. The Bertz CT molecular complexity index is 923. The van der Waals surface area contributed by atoms with Gasteiger partial charge in [0.25, 0.3) is 5.91 Å². The second-order valence-electron chi connectivity index (χ2n) is 5.65. The molecule has 1 amide bonds. The van der Waals surface area contributed by atoms with Crippen molar-refractivity contribution >= 4 is 21.6 Å². The van der Waals surface area contributed by atoms with E-state index in [1.54, 1.807) is 13.8 Å². The van der Waals surface area contributed by atoms with Gasteiger partial charge in [-0.3, -0.25) is 4.79 Å². The number of hydrogen-bond acceptors (Lipinski definition) is 3. The lowest BCUT2D eigenvalue weighted by Gasteiger charge is -2.18. The van der Waals surface area contributed by atoms with Crippen LogP contribution in [0.5, 0.6) is 0 Å². The average Bonchev–Trinajstić information content (AvgIpc) is 2.62. The van der Waals surface area contributed by atoms with Gasteiger partial charge < -0.3 is 5.32 Å². The molecule has 0 aromatic heterocycles. The summed E-state index contributed by atoms with van der Waals surface area (Å²) in [6.07, 6.45) is -4.53. The molecule has 0 unspecified atom stereocenters. The Morgan fingerprint density at radius 2 is 1.67 bits per heavy atom. The van der Waals surface area contributed by atoms with E-state index in [-0.39, 0.29) is 29.2 Å². The molecule has 0 fully saturated rings. The van der Waals surface area contributed by atoms with E-state index in [2.05, 4.69) is 5.32 Å². The largest absolute Gasteiger partial charge is 0.416 e. The van der Waals surface area contributed by atoms with Crippen LogP contribution >= 0.6 is 0 Å². The summed E-state index contributed by atoms with van der Waals surface area (Å²) in [4.78, 5) is 12.3. The van der Waals surface area contributed by atoms with Crippen molar-refractivity contribution in [1.29, 1.82) is 0 Å². The van der Waals surface area contributed by atoms with Gasteiger partial charge in [-0.1, -0.05) is 26.0 Å². The Morgan fingerprint density at radius 3 is 2.26 bits per heavy atom. The Hall–Kier alpha value is -2.39. The lowest BCUT2D eigenvalue weighted by molar-refractivity contribution is -0.137. The van der Waals surface area contributed by atoms with Gasteiger partial charge in [-0.2, -0.15) is 17.5 Å². The van der Waals surface area contributed by atoms with Crippen LogP contribution in [-0.4, -0.2) is 31.7 Å². The highest BCUT2D eigenvalue weighted by atomic mass is 32.2. The van der Waals surface area contributed by atoms with Gasteiger partial charge in [0.1, 0.15) is 0 Å². The van der Waals surface area contributed by atoms with E-state index in [0.29, 0.717) is 0 Å². The molecule has 146 valence electrons. The molecule has 2 aromatic rings. The van der Waals surface area contributed by atoms with Gasteiger partial charge in [-0.05, 0) is 36.4 Å². The van der Waals surface area contributed by atoms with Crippen molar-refractivity contribution in [1.82, 2.24) is 4.31 Å². The van der Waals surface area contributed by atoms with E-state index in [9.17, 15) is 26.4 Å². The van der Waals surface area contributed by atoms with E-state index in [4.69, 9.17) is 0 Å². The van der Waals surface area contributed by atoms with E-state index in [1.807, 2.05) is 0 Å². The fraction of sp³-hybridized carbons (Fsp3) is 0.278. The maximum Gasteiger partial charge on any atom is 0.416 e. The summed E-state index contributed by atoms with van der Waals surface area (Å²) in [6, 6.07) is 9.59. The molecule has 5 nitrogen and oxygen atoms in total. The summed E-state index contributed by atoms with van der Waals surface area (Å²) in [5.74, 6) is -0.703. The Morgan fingerprint density at radius 1 is 1.04 bits per heavy atom. The quantitative estimate of drug-likeness (QED) is 0.797. The predicted octanol–water partition coefficient (Wildman–Crippen LogP) is 3.99. The highest BCUT2D eigenvalue weighted by molar-refractivity contribution is 7.89. The van der Waals surface area contributed by atoms with E-state index in [1.165, 1.54) is 40.7 Å². The van der Waals surface area contributed by atoms with Crippen LogP contribution < -0.4 is 5.32 Å². The predicted molar refractivity (Wildman–Crippen MR) is 95.9 cm³/mol. The molecule has 0 saturated carbocycles. The third kappa shape index (κ3) is 4.86. The number of benzene rings is 2. The molecule has 0 aliphatic heterocycles. The van der Waals surface area contributed by atoms with Crippen molar-refractivity contribution in [3.05, 3.63) is 59.7 Å². The van der Waals surface area contributed by atoms with Crippen molar-refractivity contribution in [2.24, 2.45) is 0 Å². The number of carbonyl (C=O) groups excluding carboxylic acids is 1. The van der Waals surface area contributed by atoms with E-state index < -0.39 is 27.7 Å². The minimum absolute atomic E-state index is 0.0284. The molecular formula is C18H19F3N2O3S. The standard InChI is InChI=1S/C18H19F3N2O3S/c1-3-23(4-2)27(25,26)16-10-5-7-13(11-16)17(24)22-15-9-6-8-14(12-15)18(19,20)21/h5-12H,3-4H2,1-2H3,(H,22,24). The number of halogens is 3. The second kappa shape index (κ2) is 8.10. The van der Waals surface area contributed by atoms with Crippen LogP contribution in [0.2, 0.25) is 0 Å². The second-order valence-corrected chi connectivity index (χ2v) is 7.59. The van der Waals surface area contributed by atoms with Crippen molar-refractivity contribution in [3.8, 4) is 0 Å². The third-order valence-electron chi connectivity index (χ3n) is 3.89. The van der Waals surface area contributed by atoms with Crippen LogP contribution in [-0.2, 0) is 16.2 Å². The number of alkyl halides is 3. The van der Waals surface area contributed by atoms with Crippen molar-refractivity contribution in [2.45, 2.75) is 24.9 Å². The molecule has 0 saturated heterocycles. The number of sulfonamides is 1. The van der Waals surface area contributed by atoms with Gasteiger partial charge in [-0.25, -0.2) is 8.42 Å². The van der Waals surface area contributed by atoms with Gasteiger partial charge in [0.05, 0.1) is 10.5 Å². The molecule has 9 heteroatoms. The lowest BCUT2D eigenvalue weighted by atomic mass is 10.1. The number of anilines is 1. The van der Waals surface area contributed by atoms with Gasteiger partial charge in [-0.15, -0.1) is 0 Å². The number of amides is 1. The van der Waals surface area contributed by atoms with Crippen molar-refractivity contribution in [2.75, 3.05) is 18.4 Å². The Kier molecular flexibility index (Phi) is 6.27. The molecule has 2 rings (SSSR count). The van der Waals surface area contributed by atoms with E-state index >= 15 is 0 Å². The summed E-state index contributed by atoms with van der Waals surface area (Å²) >= 11 is 0. The molecular weight excluding hydrogens is 381 g/mol. The molecule has 0 heterocycles. The van der Waals surface area contributed by atoms with Gasteiger partial charge >= 0.3 is 6.18 Å². The molecule has 0 radical (unpaired) electrons. The van der Waals surface area contributed by atoms with Crippen LogP contribution in [0, 0.1) is 0 Å². The minimum Gasteiger partial charge on any atom is -0.322 e. The highest BCUT2D eigenvalue weighted by Crippen LogP contribution is 2.30. The third-order valence-corrected chi connectivity index (χ3v) is 5.93. The van der Waals surface area contributed by atoms with Crippen LogP contribution in [0.3, 0.4) is 0 Å². The first-order valence-corrected chi connectivity index (χ1v) is 9.62. The zero-order valence-electron chi connectivity index (χ0n) is 14.7. The first-order chi connectivity index (χ1) is 12.6.